The molecule has 0 aliphatic heterocycles. The Balaban J connectivity index is 1.75. The third-order valence-electron chi connectivity index (χ3n) is 5.91. The van der Waals surface area contributed by atoms with Gasteiger partial charge in [0.25, 0.3) is 5.56 Å². The number of aliphatic carboxylic acids is 1. The quantitative estimate of drug-likeness (QED) is 0.517. The van der Waals surface area contributed by atoms with Gasteiger partial charge in [-0.2, -0.15) is 5.10 Å². The first kappa shape index (κ1) is 23.5. The summed E-state index contributed by atoms with van der Waals surface area (Å²) in [5.74, 6) is 0.231. The predicted octanol–water partition coefficient (Wildman–Crippen LogP) is 3.66. The van der Waals surface area contributed by atoms with Crippen LogP contribution in [0.3, 0.4) is 0 Å². The Morgan fingerprint density at radius 2 is 2.00 bits per heavy atom. The van der Waals surface area contributed by atoms with Crippen LogP contribution in [0.1, 0.15) is 57.1 Å². The lowest BCUT2D eigenvalue weighted by molar-refractivity contribution is -0.154. The summed E-state index contributed by atoms with van der Waals surface area (Å²) in [6, 6.07) is 7.47. The number of fused-ring (bicyclic) bond motifs is 1. The summed E-state index contributed by atoms with van der Waals surface area (Å²) in [6.07, 6.45) is 3.57. The van der Waals surface area contributed by atoms with Crippen LogP contribution in [-0.4, -0.2) is 36.0 Å². The number of carboxylic acids is 1. The number of ether oxygens (including phenoxy) is 1. The maximum atomic E-state index is 13.1. The number of hydrogen-bond acceptors (Lipinski definition) is 5. The second-order valence-electron chi connectivity index (χ2n) is 8.38. The Labute approximate surface area is 187 Å². The van der Waals surface area contributed by atoms with E-state index < -0.39 is 11.6 Å². The summed E-state index contributed by atoms with van der Waals surface area (Å²) in [5.41, 5.74) is 1.81. The molecule has 0 aliphatic rings. The zero-order valence-electron chi connectivity index (χ0n) is 19.5. The molecule has 0 saturated carbocycles. The van der Waals surface area contributed by atoms with E-state index in [9.17, 15) is 14.7 Å². The molecule has 3 rings (SSSR count). The van der Waals surface area contributed by atoms with Crippen molar-refractivity contribution >= 4 is 17.0 Å². The zero-order chi connectivity index (χ0) is 23.5. The van der Waals surface area contributed by atoms with Gasteiger partial charge in [0.05, 0.1) is 5.69 Å². The van der Waals surface area contributed by atoms with E-state index in [0.29, 0.717) is 35.6 Å². The lowest BCUT2D eigenvalue weighted by Crippen LogP contribution is -2.40. The van der Waals surface area contributed by atoms with Gasteiger partial charge in [-0.25, -0.2) is 9.78 Å². The molecular weight excluding hydrogens is 408 g/mol. The highest BCUT2D eigenvalue weighted by atomic mass is 16.5. The summed E-state index contributed by atoms with van der Waals surface area (Å²) in [7, 11) is 1.79. The molecule has 8 heteroatoms. The number of carbonyl (C=O) groups is 1. The van der Waals surface area contributed by atoms with Gasteiger partial charge in [0.15, 0.2) is 5.52 Å². The molecule has 8 nitrogen and oxygen atoms in total. The van der Waals surface area contributed by atoms with Gasteiger partial charge in [-0.05, 0) is 57.2 Å². The van der Waals surface area contributed by atoms with E-state index in [4.69, 9.17) is 4.74 Å². The van der Waals surface area contributed by atoms with Gasteiger partial charge in [0.2, 0.25) is 5.60 Å². The molecular formula is C24H32N4O4. The monoisotopic (exact) mass is 440 g/mol. The molecule has 0 saturated heterocycles. The van der Waals surface area contributed by atoms with Crippen molar-refractivity contribution in [1.29, 1.82) is 0 Å². The topological polar surface area (TPSA) is 99.2 Å². The molecule has 32 heavy (non-hydrogen) atoms. The van der Waals surface area contributed by atoms with Crippen molar-refractivity contribution in [3.05, 3.63) is 51.7 Å². The molecule has 2 heterocycles. The molecule has 0 amide bonds. The highest BCUT2D eigenvalue weighted by Gasteiger charge is 2.33. The molecule has 0 radical (unpaired) electrons. The second-order valence-corrected chi connectivity index (χ2v) is 8.38. The number of aryl methyl sites for hydroxylation is 4. The fourth-order valence-corrected chi connectivity index (χ4v) is 3.82. The fraction of sp³-hybridized carbons (Fsp3) is 0.500. The summed E-state index contributed by atoms with van der Waals surface area (Å²) in [4.78, 5) is 29.3. The first-order valence-corrected chi connectivity index (χ1v) is 11.1. The smallest absolute Gasteiger partial charge is 0.347 e. The maximum absolute atomic E-state index is 13.1. The van der Waals surface area contributed by atoms with Crippen molar-refractivity contribution in [2.24, 2.45) is 7.05 Å². The van der Waals surface area contributed by atoms with Gasteiger partial charge in [-0.1, -0.05) is 32.4 Å². The molecule has 0 spiro atoms. The molecule has 1 unspecified atom stereocenters. The largest absolute Gasteiger partial charge is 0.478 e. The summed E-state index contributed by atoms with van der Waals surface area (Å²) >= 11 is 0. The lowest BCUT2D eigenvalue weighted by atomic mass is 10.0. The molecule has 3 aromatic rings. The standard InChI is InChI=1S/C24H32N4O4/c1-6-10-19-20-21(27(5)26-19)22(29)28(16(3)25-20)14-9-12-17-11-8-13-18(15-17)32-24(4,7-2)23(30)31/h8,11,13,15H,6-7,9-10,12,14H2,1-5H3,(H,30,31). The number of hydrogen-bond donors (Lipinski definition) is 1. The number of nitrogens with zero attached hydrogens (tertiary/aromatic N) is 4. The van der Waals surface area contributed by atoms with Crippen LogP contribution in [0.2, 0.25) is 0 Å². The number of carboxylic acid groups (broad SMARTS) is 1. The number of benzene rings is 1. The van der Waals surface area contributed by atoms with E-state index in [1.165, 1.54) is 0 Å². The fourth-order valence-electron chi connectivity index (χ4n) is 3.82. The average Bonchev–Trinajstić information content (AvgIpc) is 3.05. The summed E-state index contributed by atoms with van der Waals surface area (Å²) in [5, 5.41) is 13.9. The number of aromatic nitrogens is 4. The van der Waals surface area contributed by atoms with Crippen LogP contribution in [-0.2, 0) is 31.2 Å². The number of rotatable bonds is 10. The van der Waals surface area contributed by atoms with Crippen LogP contribution in [0.5, 0.6) is 5.75 Å². The molecule has 0 fully saturated rings. The second kappa shape index (κ2) is 9.54. The van der Waals surface area contributed by atoms with Crippen LogP contribution >= 0.6 is 0 Å². The Kier molecular flexibility index (Phi) is 7.01. The van der Waals surface area contributed by atoms with Crippen molar-refractivity contribution in [3.8, 4) is 5.75 Å². The Morgan fingerprint density at radius 1 is 1.25 bits per heavy atom. The van der Waals surface area contributed by atoms with Crippen LogP contribution in [0.4, 0.5) is 0 Å². The molecule has 1 aromatic carbocycles. The lowest BCUT2D eigenvalue weighted by Gasteiger charge is -2.25. The predicted molar refractivity (Wildman–Crippen MR) is 123 cm³/mol. The van der Waals surface area contributed by atoms with Crippen molar-refractivity contribution in [2.45, 2.75) is 71.9 Å². The van der Waals surface area contributed by atoms with Crippen LogP contribution < -0.4 is 10.3 Å². The van der Waals surface area contributed by atoms with E-state index in [0.717, 1.165) is 36.9 Å². The van der Waals surface area contributed by atoms with Gasteiger partial charge >= 0.3 is 5.97 Å². The maximum Gasteiger partial charge on any atom is 0.347 e. The van der Waals surface area contributed by atoms with E-state index in [2.05, 4.69) is 17.0 Å². The first-order valence-electron chi connectivity index (χ1n) is 11.1. The third kappa shape index (κ3) is 4.69. The van der Waals surface area contributed by atoms with Gasteiger partial charge in [0, 0.05) is 13.6 Å². The highest BCUT2D eigenvalue weighted by molar-refractivity contribution is 5.77. The first-order chi connectivity index (χ1) is 15.2. The zero-order valence-corrected chi connectivity index (χ0v) is 19.5. The van der Waals surface area contributed by atoms with Gasteiger partial charge < -0.3 is 9.84 Å². The molecule has 0 aliphatic carbocycles. The highest BCUT2D eigenvalue weighted by Crippen LogP contribution is 2.23. The van der Waals surface area contributed by atoms with Crippen molar-refractivity contribution < 1.29 is 14.6 Å². The van der Waals surface area contributed by atoms with Gasteiger partial charge in [-0.15, -0.1) is 0 Å². The van der Waals surface area contributed by atoms with Crippen molar-refractivity contribution in [1.82, 2.24) is 19.3 Å². The van der Waals surface area contributed by atoms with Crippen molar-refractivity contribution in [2.75, 3.05) is 0 Å². The minimum absolute atomic E-state index is 0.0675. The summed E-state index contributed by atoms with van der Waals surface area (Å²) < 4.78 is 9.11. The Bertz CT molecular complexity index is 1180. The van der Waals surface area contributed by atoms with Crippen molar-refractivity contribution in [3.63, 3.8) is 0 Å². The Morgan fingerprint density at radius 3 is 2.66 bits per heavy atom. The van der Waals surface area contributed by atoms with E-state index in [1.54, 1.807) is 36.2 Å². The van der Waals surface area contributed by atoms with E-state index >= 15 is 0 Å². The minimum atomic E-state index is -1.26. The molecule has 172 valence electrons. The molecule has 0 bridgehead atoms. The van der Waals surface area contributed by atoms with Gasteiger partial charge in [-0.3, -0.25) is 14.0 Å². The van der Waals surface area contributed by atoms with Gasteiger partial charge in [0.1, 0.15) is 17.1 Å². The molecule has 1 N–H and O–H groups in total. The molecule has 2 aromatic heterocycles. The van der Waals surface area contributed by atoms with E-state index in [1.807, 2.05) is 25.1 Å². The van der Waals surface area contributed by atoms with E-state index in [-0.39, 0.29) is 5.56 Å². The SMILES string of the molecule is CCCc1nn(C)c2c(=O)n(CCCc3cccc(OC(C)(CC)C(=O)O)c3)c(C)nc12. The normalized spacial score (nSPS) is 13.3. The van der Waals surface area contributed by atoms with Crippen LogP contribution in [0.15, 0.2) is 29.1 Å². The van der Waals surface area contributed by atoms with Crippen LogP contribution in [0, 0.1) is 6.92 Å². The average molecular weight is 441 g/mol. The third-order valence-corrected chi connectivity index (χ3v) is 5.91. The summed E-state index contributed by atoms with van der Waals surface area (Å²) in [6.45, 7) is 7.84. The minimum Gasteiger partial charge on any atom is -0.478 e. The Hall–Kier alpha value is -3.16. The van der Waals surface area contributed by atoms with Crippen LogP contribution in [0.25, 0.3) is 11.0 Å². The molecule has 1 atom stereocenters.